The first kappa shape index (κ1) is 20.9. The lowest BCUT2D eigenvalue weighted by Crippen LogP contribution is -2.14. The van der Waals surface area contributed by atoms with Crippen LogP contribution in [0.4, 0.5) is 5.00 Å². The number of rotatable bonds is 7. The molecule has 4 rings (SSSR count). The van der Waals surface area contributed by atoms with Gasteiger partial charge in [-0.2, -0.15) is 0 Å². The van der Waals surface area contributed by atoms with Crippen LogP contribution >= 0.6 is 11.3 Å². The van der Waals surface area contributed by atoms with Crippen molar-refractivity contribution < 1.29 is 23.8 Å². The number of esters is 1. The van der Waals surface area contributed by atoms with Crippen molar-refractivity contribution in [2.24, 2.45) is 0 Å². The lowest BCUT2D eigenvalue weighted by Gasteiger charge is -2.06. The van der Waals surface area contributed by atoms with Gasteiger partial charge in [-0.05, 0) is 42.2 Å². The minimum atomic E-state index is -0.455. The average Bonchev–Trinajstić information content (AvgIpc) is 3.36. The number of hydrogen-bond donors (Lipinski definition) is 1. The van der Waals surface area contributed by atoms with Crippen LogP contribution in [-0.2, 0) is 22.4 Å². The summed E-state index contributed by atoms with van der Waals surface area (Å²) < 4.78 is 15.8. The first-order valence-electron chi connectivity index (χ1n) is 9.98. The number of thiophene rings is 1. The van der Waals surface area contributed by atoms with Gasteiger partial charge in [-0.1, -0.05) is 36.4 Å². The van der Waals surface area contributed by atoms with Crippen LogP contribution in [0.3, 0.4) is 0 Å². The highest BCUT2D eigenvalue weighted by Crippen LogP contribution is 2.37. The molecule has 0 fully saturated rings. The first-order chi connectivity index (χ1) is 15.0. The van der Waals surface area contributed by atoms with E-state index in [0.29, 0.717) is 35.6 Å². The first-order valence-corrected chi connectivity index (χ1v) is 10.8. The fourth-order valence-corrected chi connectivity index (χ4v) is 4.74. The van der Waals surface area contributed by atoms with Gasteiger partial charge in [0.05, 0.1) is 12.7 Å². The summed E-state index contributed by atoms with van der Waals surface area (Å²) in [6, 6.07) is 15.6. The van der Waals surface area contributed by atoms with E-state index < -0.39 is 5.97 Å². The van der Waals surface area contributed by atoms with E-state index in [0.717, 1.165) is 27.3 Å². The molecule has 1 aliphatic heterocycles. The standard InChI is InChI=1S/C24H23NO5S/c1-15-20(13-17-8-10-18-19(12-17)30-14-29-18)31-23(22(15)24(27)28-2)25-21(26)11-9-16-6-4-3-5-7-16/h3-8,10,12H,9,11,13-14H2,1-2H3,(H,25,26). The van der Waals surface area contributed by atoms with E-state index >= 15 is 0 Å². The maximum absolute atomic E-state index is 12.6. The van der Waals surface area contributed by atoms with E-state index in [1.807, 2.05) is 55.5 Å². The zero-order valence-electron chi connectivity index (χ0n) is 17.4. The normalized spacial score (nSPS) is 11.9. The Morgan fingerprint density at radius 1 is 1.06 bits per heavy atom. The number of anilines is 1. The van der Waals surface area contributed by atoms with E-state index in [1.54, 1.807) is 0 Å². The van der Waals surface area contributed by atoms with E-state index in [1.165, 1.54) is 18.4 Å². The lowest BCUT2D eigenvalue weighted by atomic mass is 10.1. The number of hydrogen-bond acceptors (Lipinski definition) is 6. The molecule has 1 N–H and O–H groups in total. The Morgan fingerprint density at radius 2 is 1.84 bits per heavy atom. The van der Waals surface area contributed by atoms with Crippen molar-refractivity contribution in [3.8, 4) is 11.5 Å². The van der Waals surface area contributed by atoms with Gasteiger partial charge in [0, 0.05) is 17.7 Å². The topological polar surface area (TPSA) is 73.9 Å². The molecule has 0 saturated carbocycles. The van der Waals surface area contributed by atoms with Crippen molar-refractivity contribution in [3.05, 3.63) is 75.7 Å². The summed E-state index contributed by atoms with van der Waals surface area (Å²) in [6.45, 7) is 2.10. The molecule has 0 spiro atoms. The molecule has 1 amide bonds. The fourth-order valence-electron chi connectivity index (χ4n) is 3.49. The summed E-state index contributed by atoms with van der Waals surface area (Å²) in [6.07, 6.45) is 1.57. The number of carbonyl (C=O) groups excluding carboxylic acids is 2. The predicted molar refractivity (Wildman–Crippen MR) is 119 cm³/mol. The zero-order valence-corrected chi connectivity index (χ0v) is 18.2. The van der Waals surface area contributed by atoms with Gasteiger partial charge in [0.25, 0.3) is 0 Å². The molecule has 2 aromatic carbocycles. The summed E-state index contributed by atoms with van der Waals surface area (Å²) in [5.41, 5.74) is 3.35. The van der Waals surface area contributed by atoms with Crippen LogP contribution in [0, 0.1) is 6.92 Å². The summed E-state index contributed by atoms with van der Waals surface area (Å²) in [5.74, 6) is 0.858. The molecule has 3 aromatic rings. The number of benzene rings is 2. The van der Waals surface area contributed by atoms with E-state index in [2.05, 4.69) is 5.32 Å². The predicted octanol–water partition coefficient (Wildman–Crippen LogP) is 4.73. The van der Waals surface area contributed by atoms with Gasteiger partial charge in [0.2, 0.25) is 12.7 Å². The van der Waals surface area contributed by atoms with Crippen molar-refractivity contribution in [2.45, 2.75) is 26.2 Å². The quantitative estimate of drug-likeness (QED) is 0.541. The minimum absolute atomic E-state index is 0.134. The summed E-state index contributed by atoms with van der Waals surface area (Å²) in [7, 11) is 1.35. The van der Waals surface area contributed by atoms with Crippen LogP contribution in [0.25, 0.3) is 0 Å². The second-order valence-electron chi connectivity index (χ2n) is 7.24. The fraction of sp³-hybridized carbons (Fsp3) is 0.250. The molecule has 31 heavy (non-hydrogen) atoms. The van der Waals surface area contributed by atoms with E-state index in [9.17, 15) is 9.59 Å². The van der Waals surface area contributed by atoms with Crippen molar-refractivity contribution in [1.82, 2.24) is 0 Å². The number of aryl methyl sites for hydroxylation is 1. The van der Waals surface area contributed by atoms with Crippen LogP contribution in [0.1, 0.15) is 38.3 Å². The Labute approximate surface area is 184 Å². The SMILES string of the molecule is COC(=O)c1c(NC(=O)CCc2ccccc2)sc(Cc2ccc3c(c2)OCO3)c1C. The molecular formula is C24H23NO5S. The Hall–Kier alpha value is -3.32. The van der Waals surface area contributed by atoms with Crippen LogP contribution in [0.2, 0.25) is 0 Å². The van der Waals surface area contributed by atoms with Crippen LogP contribution in [-0.4, -0.2) is 25.8 Å². The molecule has 6 nitrogen and oxygen atoms in total. The number of nitrogens with one attached hydrogen (secondary N) is 1. The third-order valence-corrected chi connectivity index (χ3v) is 6.38. The number of amides is 1. The molecular weight excluding hydrogens is 414 g/mol. The summed E-state index contributed by atoms with van der Waals surface area (Å²) in [5, 5.41) is 3.44. The Balaban J connectivity index is 1.52. The molecule has 0 bridgehead atoms. The van der Waals surface area contributed by atoms with Gasteiger partial charge in [-0.25, -0.2) is 4.79 Å². The zero-order chi connectivity index (χ0) is 21.8. The number of carbonyl (C=O) groups is 2. The molecule has 160 valence electrons. The monoisotopic (exact) mass is 437 g/mol. The summed E-state index contributed by atoms with van der Waals surface area (Å²) >= 11 is 1.40. The summed E-state index contributed by atoms with van der Waals surface area (Å²) in [4.78, 5) is 26.0. The molecule has 0 aliphatic carbocycles. The highest BCUT2D eigenvalue weighted by Gasteiger charge is 2.24. The maximum Gasteiger partial charge on any atom is 0.341 e. The van der Waals surface area contributed by atoms with Crippen LogP contribution in [0.15, 0.2) is 48.5 Å². The molecule has 1 aromatic heterocycles. The molecule has 0 saturated heterocycles. The van der Waals surface area contributed by atoms with Gasteiger partial charge in [0.15, 0.2) is 11.5 Å². The highest BCUT2D eigenvalue weighted by atomic mass is 32.1. The molecule has 2 heterocycles. The van der Waals surface area contributed by atoms with Crippen molar-refractivity contribution >= 4 is 28.2 Å². The lowest BCUT2D eigenvalue weighted by molar-refractivity contribution is -0.116. The second kappa shape index (κ2) is 9.22. The van der Waals surface area contributed by atoms with Gasteiger partial charge < -0.3 is 19.5 Å². The van der Waals surface area contributed by atoms with Crippen molar-refractivity contribution in [1.29, 1.82) is 0 Å². The number of fused-ring (bicyclic) bond motifs is 1. The van der Waals surface area contributed by atoms with Crippen LogP contribution in [0.5, 0.6) is 11.5 Å². The molecule has 0 atom stereocenters. The smallest absolute Gasteiger partial charge is 0.341 e. The van der Waals surface area contributed by atoms with Crippen LogP contribution < -0.4 is 14.8 Å². The highest BCUT2D eigenvalue weighted by molar-refractivity contribution is 7.17. The molecule has 7 heteroatoms. The van der Waals surface area contributed by atoms with E-state index in [4.69, 9.17) is 14.2 Å². The Bertz CT molecular complexity index is 1110. The van der Waals surface area contributed by atoms with Crippen molar-refractivity contribution in [3.63, 3.8) is 0 Å². The largest absolute Gasteiger partial charge is 0.465 e. The minimum Gasteiger partial charge on any atom is -0.465 e. The molecule has 0 unspecified atom stereocenters. The second-order valence-corrected chi connectivity index (χ2v) is 8.35. The van der Waals surface area contributed by atoms with Gasteiger partial charge in [-0.3, -0.25) is 4.79 Å². The van der Waals surface area contributed by atoms with Gasteiger partial charge in [-0.15, -0.1) is 11.3 Å². The van der Waals surface area contributed by atoms with Crippen molar-refractivity contribution in [2.75, 3.05) is 19.2 Å². The maximum atomic E-state index is 12.6. The average molecular weight is 438 g/mol. The third-order valence-electron chi connectivity index (χ3n) is 5.17. The number of ether oxygens (including phenoxy) is 3. The molecule has 1 aliphatic rings. The third kappa shape index (κ3) is 4.72. The Morgan fingerprint density at radius 3 is 2.61 bits per heavy atom. The van der Waals surface area contributed by atoms with E-state index in [-0.39, 0.29) is 12.7 Å². The number of methoxy groups -OCH3 is 1. The molecule has 0 radical (unpaired) electrons. The van der Waals surface area contributed by atoms with Gasteiger partial charge >= 0.3 is 5.97 Å². The Kier molecular flexibility index (Phi) is 6.23. The van der Waals surface area contributed by atoms with Gasteiger partial charge in [0.1, 0.15) is 5.00 Å².